The van der Waals surface area contributed by atoms with E-state index in [1.807, 2.05) is 11.8 Å². The standard InChI is InChI=1S/C15H22BrNS/c1-4-8-17-14(9-12(2)3)11-18-15-7-5-6-13(16)10-15/h5-7,10,14,17H,2,4,8-9,11H2,1,3H3. The van der Waals surface area contributed by atoms with Gasteiger partial charge in [0.1, 0.15) is 0 Å². The van der Waals surface area contributed by atoms with Crippen LogP contribution in [-0.2, 0) is 0 Å². The molecular weight excluding hydrogens is 306 g/mol. The summed E-state index contributed by atoms with van der Waals surface area (Å²) in [5.74, 6) is 1.09. The molecule has 0 aromatic heterocycles. The van der Waals surface area contributed by atoms with Crippen molar-refractivity contribution < 1.29 is 0 Å². The Bertz CT molecular complexity index is 379. The summed E-state index contributed by atoms with van der Waals surface area (Å²) in [6.07, 6.45) is 2.23. The van der Waals surface area contributed by atoms with Gasteiger partial charge in [-0.05, 0) is 44.5 Å². The predicted molar refractivity (Wildman–Crippen MR) is 86.4 cm³/mol. The molecule has 1 nitrogen and oxygen atoms in total. The second-order valence-electron chi connectivity index (χ2n) is 4.58. The van der Waals surface area contributed by atoms with E-state index >= 15 is 0 Å². The monoisotopic (exact) mass is 327 g/mol. The molecule has 0 radical (unpaired) electrons. The predicted octanol–water partition coefficient (Wildman–Crippen LogP) is 4.88. The normalized spacial score (nSPS) is 12.4. The Morgan fingerprint density at radius 2 is 2.28 bits per heavy atom. The molecule has 0 bridgehead atoms. The Balaban J connectivity index is 2.47. The maximum atomic E-state index is 4.02. The van der Waals surface area contributed by atoms with Gasteiger partial charge in [-0.3, -0.25) is 0 Å². The zero-order chi connectivity index (χ0) is 13.4. The molecule has 1 aromatic carbocycles. The lowest BCUT2D eigenvalue weighted by molar-refractivity contribution is 0.549. The molecule has 3 heteroatoms. The first kappa shape index (κ1) is 15.8. The van der Waals surface area contributed by atoms with Crippen LogP contribution < -0.4 is 5.32 Å². The lowest BCUT2D eigenvalue weighted by atomic mass is 10.1. The highest BCUT2D eigenvalue weighted by molar-refractivity contribution is 9.10. The van der Waals surface area contributed by atoms with E-state index < -0.39 is 0 Å². The maximum absolute atomic E-state index is 4.02. The van der Waals surface area contributed by atoms with Crippen molar-refractivity contribution in [1.29, 1.82) is 0 Å². The Morgan fingerprint density at radius 1 is 1.50 bits per heavy atom. The summed E-state index contributed by atoms with van der Waals surface area (Å²) in [6, 6.07) is 8.99. The molecule has 1 N–H and O–H groups in total. The van der Waals surface area contributed by atoms with Crippen molar-refractivity contribution in [2.75, 3.05) is 12.3 Å². The topological polar surface area (TPSA) is 12.0 Å². The molecule has 0 fully saturated rings. The quantitative estimate of drug-likeness (QED) is 0.539. The largest absolute Gasteiger partial charge is 0.313 e. The Hall–Kier alpha value is -0.250. The third-order valence-corrected chi connectivity index (χ3v) is 4.17. The van der Waals surface area contributed by atoms with Crippen LogP contribution in [0.25, 0.3) is 0 Å². The van der Waals surface area contributed by atoms with E-state index in [9.17, 15) is 0 Å². The van der Waals surface area contributed by atoms with E-state index in [1.54, 1.807) is 0 Å². The fourth-order valence-corrected chi connectivity index (χ4v) is 3.28. The summed E-state index contributed by atoms with van der Waals surface area (Å²) in [5, 5.41) is 3.59. The SMILES string of the molecule is C=C(C)CC(CSc1cccc(Br)c1)NCCC. The highest BCUT2D eigenvalue weighted by Gasteiger charge is 2.08. The van der Waals surface area contributed by atoms with E-state index in [0.29, 0.717) is 6.04 Å². The number of halogens is 1. The van der Waals surface area contributed by atoms with Crippen molar-refractivity contribution in [2.24, 2.45) is 0 Å². The number of thioether (sulfide) groups is 1. The summed E-state index contributed by atoms with van der Waals surface area (Å²) in [4.78, 5) is 1.31. The molecule has 0 amide bonds. The van der Waals surface area contributed by atoms with Crippen molar-refractivity contribution >= 4 is 27.7 Å². The minimum atomic E-state index is 0.520. The maximum Gasteiger partial charge on any atom is 0.0198 e. The van der Waals surface area contributed by atoms with Crippen molar-refractivity contribution in [1.82, 2.24) is 5.32 Å². The summed E-state index contributed by atoms with van der Waals surface area (Å²) in [6.45, 7) is 9.40. The summed E-state index contributed by atoms with van der Waals surface area (Å²) < 4.78 is 1.14. The number of benzene rings is 1. The van der Waals surface area contributed by atoms with Crippen LogP contribution in [0.15, 0.2) is 45.8 Å². The molecule has 1 atom stereocenters. The minimum absolute atomic E-state index is 0.520. The molecule has 1 aromatic rings. The Kier molecular flexibility index (Phi) is 7.71. The highest BCUT2D eigenvalue weighted by Crippen LogP contribution is 2.23. The molecule has 18 heavy (non-hydrogen) atoms. The number of rotatable bonds is 8. The first-order valence-electron chi connectivity index (χ1n) is 6.38. The van der Waals surface area contributed by atoms with Crippen LogP contribution in [-0.4, -0.2) is 18.3 Å². The van der Waals surface area contributed by atoms with Crippen molar-refractivity contribution in [2.45, 2.75) is 37.6 Å². The molecule has 100 valence electrons. The molecule has 0 aliphatic heterocycles. The van der Waals surface area contributed by atoms with Gasteiger partial charge in [0, 0.05) is 21.2 Å². The fraction of sp³-hybridized carbons (Fsp3) is 0.467. The van der Waals surface area contributed by atoms with E-state index in [1.165, 1.54) is 16.9 Å². The van der Waals surface area contributed by atoms with Crippen LogP contribution in [0.2, 0.25) is 0 Å². The average molecular weight is 328 g/mol. The van der Waals surface area contributed by atoms with Gasteiger partial charge in [-0.15, -0.1) is 18.3 Å². The highest BCUT2D eigenvalue weighted by atomic mass is 79.9. The number of nitrogens with one attached hydrogen (secondary N) is 1. The van der Waals surface area contributed by atoms with Gasteiger partial charge in [0.2, 0.25) is 0 Å². The molecule has 1 rings (SSSR count). The van der Waals surface area contributed by atoms with Gasteiger partial charge in [-0.1, -0.05) is 34.5 Å². The second-order valence-corrected chi connectivity index (χ2v) is 6.59. The molecular formula is C15H22BrNS. The first-order chi connectivity index (χ1) is 8.61. The van der Waals surface area contributed by atoms with Crippen LogP contribution in [0.4, 0.5) is 0 Å². The number of hydrogen-bond acceptors (Lipinski definition) is 2. The van der Waals surface area contributed by atoms with Gasteiger partial charge in [0.05, 0.1) is 0 Å². The van der Waals surface area contributed by atoms with Gasteiger partial charge in [-0.2, -0.15) is 0 Å². The van der Waals surface area contributed by atoms with Gasteiger partial charge in [0.15, 0.2) is 0 Å². The van der Waals surface area contributed by atoms with Crippen LogP contribution in [0, 0.1) is 0 Å². The molecule has 0 aliphatic rings. The van der Waals surface area contributed by atoms with Crippen molar-refractivity contribution in [3.63, 3.8) is 0 Å². The molecule has 0 aliphatic carbocycles. The van der Waals surface area contributed by atoms with Gasteiger partial charge in [-0.25, -0.2) is 0 Å². The summed E-state index contributed by atoms with van der Waals surface area (Å²) in [5.41, 5.74) is 1.25. The minimum Gasteiger partial charge on any atom is -0.313 e. The van der Waals surface area contributed by atoms with Crippen LogP contribution in [0.1, 0.15) is 26.7 Å². The molecule has 1 unspecified atom stereocenters. The third kappa shape index (κ3) is 6.62. The van der Waals surface area contributed by atoms with E-state index in [0.717, 1.165) is 23.2 Å². The van der Waals surface area contributed by atoms with Crippen LogP contribution in [0.3, 0.4) is 0 Å². The summed E-state index contributed by atoms with van der Waals surface area (Å²) in [7, 11) is 0. The lowest BCUT2D eigenvalue weighted by Gasteiger charge is -2.18. The number of hydrogen-bond donors (Lipinski definition) is 1. The van der Waals surface area contributed by atoms with Gasteiger partial charge >= 0.3 is 0 Å². The van der Waals surface area contributed by atoms with Crippen LogP contribution >= 0.6 is 27.7 Å². The van der Waals surface area contributed by atoms with Gasteiger partial charge < -0.3 is 5.32 Å². The molecule has 0 spiro atoms. The zero-order valence-electron chi connectivity index (χ0n) is 11.2. The third-order valence-electron chi connectivity index (χ3n) is 2.53. The van der Waals surface area contributed by atoms with E-state index in [4.69, 9.17) is 0 Å². The van der Waals surface area contributed by atoms with Gasteiger partial charge in [0.25, 0.3) is 0 Å². The Morgan fingerprint density at radius 3 is 2.89 bits per heavy atom. The fourth-order valence-electron chi connectivity index (χ4n) is 1.71. The van der Waals surface area contributed by atoms with E-state index in [2.05, 4.69) is 65.9 Å². The van der Waals surface area contributed by atoms with Crippen molar-refractivity contribution in [3.8, 4) is 0 Å². The van der Waals surface area contributed by atoms with E-state index in [-0.39, 0.29) is 0 Å². The van der Waals surface area contributed by atoms with Crippen molar-refractivity contribution in [3.05, 3.63) is 40.9 Å². The van der Waals surface area contributed by atoms with Crippen LogP contribution in [0.5, 0.6) is 0 Å². The Labute approximate surface area is 124 Å². The molecule has 0 heterocycles. The first-order valence-corrected chi connectivity index (χ1v) is 8.15. The lowest BCUT2D eigenvalue weighted by Crippen LogP contribution is -2.32. The summed E-state index contributed by atoms with van der Waals surface area (Å²) >= 11 is 5.41. The average Bonchev–Trinajstić information content (AvgIpc) is 2.32. The second kappa shape index (κ2) is 8.78. The molecule has 0 saturated heterocycles. The zero-order valence-corrected chi connectivity index (χ0v) is 13.6. The smallest absolute Gasteiger partial charge is 0.0198 e. The molecule has 0 saturated carbocycles.